The third-order valence-electron chi connectivity index (χ3n) is 5.93. The van der Waals surface area contributed by atoms with Gasteiger partial charge in [0.2, 0.25) is 5.91 Å². The van der Waals surface area contributed by atoms with E-state index >= 15 is 0 Å². The number of carbonyl (C=O) groups is 2. The second-order valence-electron chi connectivity index (χ2n) is 8.46. The number of nitrogens with zero attached hydrogens (tertiary/aromatic N) is 2. The van der Waals surface area contributed by atoms with Gasteiger partial charge in [0.05, 0.1) is 5.92 Å². The maximum absolute atomic E-state index is 13.7. The van der Waals surface area contributed by atoms with E-state index in [0.717, 1.165) is 30.8 Å². The highest BCUT2D eigenvalue weighted by Gasteiger charge is 2.35. The van der Waals surface area contributed by atoms with Gasteiger partial charge in [0.1, 0.15) is 0 Å². The molecule has 33 heavy (non-hydrogen) atoms. The van der Waals surface area contributed by atoms with Crippen molar-refractivity contribution in [2.75, 3.05) is 33.2 Å². The number of ketones is 1. The molecule has 2 fully saturated rings. The quantitative estimate of drug-likeness (QED) is 0.514. The number of benzene rings is 2. The van der Waals surface area contributed by atoms with Crippen LogP contribution >= 0.6 is 0 Å². The summed E-state index contributed by atoms with van der Waals surface area (Å²) in [5, 5.41) is 0. The molecule has 4 nitrogen and oxygen atoms in total. The zero-order valence-electron chi connectivity index (χ0n) is 18.0. The molecule has 2 aromatic carbocycles. The van der Waals surface area contributed by atoms with Gasteiger partial charge in [-0.1, -0.05) is 12.1 Å². The summed E-state index contributed by atoms with van der Waals surface area (Å²) in [5.41, 5.74) is 1.00. The van der Waals surface area contributed by atoms with Crippen LogP contribution in [0.1, 0.15) is 17.5 Å². The zero-order valence-corrected chi connectivity index (χ0v) is 18.0. The molecular formula is C25H22F4N2O2. The van der Waals surface area contributed by atoms with E-state index in [2.05, 4.69) is 0 Å². The predicted molar refractivity (Wildman–Crippen MR) is 116 cm³/mol. The first-order valence-corrected chi connectivity index (χ1v) is 10.5. The fraction of sp³-hybridized carbons (Fsp3) is 0.280. The van der Waals surface area contributed by atoms with Crippen LogP contribution < -0.4 is 0 Å². The van der Waals surface area contributed by atoms with Crippen LogP contribution in [0.25, 0.3) is 12.2 Å². The highest BCUT2D eigenvalue weighted by Crippen LogP contribution is 2.26. The lowest BCUT2D eigenvalue weighted by atomic mass is 9.93. The number of hydrogen-bond donors (Lipinski definition) is 0. The molecule has 0 radical (unpaired) electrons. The van der Waals surface area contributed by atoms with Crippen molar-refractivity contribution in [1.82, 2.24) is 9.80 Å². The van der Waals surface area contributed by atoms with E-state index < -0.39 is 29.1 Å². The summed E-state index contributed by atoms with van der Waals surface area (Å²) in [6, 6.07) is 6.55. The lowest BCUT2D eigenvalue weighted by Crippen LogP contribution is -2.44. The maximum atomic E-state index is 13.7. The average molecular weight is 458 g/mol. The van der Waals surface area contributed by atoms with E-state index in [4.69, 9.17) is 0 Å². The van der Waals surface area contributed by atoms with E-state index in [1.165, 1.54) is 24.3 Å². The molecule has 1 amide bonds. The largest absolute Gasteiger partial charge is 0.333 e. The van der Waals surface area contributed by atoms with Crippen molar-refractivity contribution < 1.29 is 27.2 Å². The number of likely N-dealkylation sites (tertiary alicyclic amines) is 2. The van der Waals surface area contributed by atoms with Gasteiger partial charge in [-0.2, -0.15) is 0 Å². The van der Waals surface area contributed by atoms with Gasteiger partial charge in [-0.25, -0.2) is 17.6 Å². The van der Waals surface area contributed by atoms with Crippen LogP contribution in [-0.2, 0) is 9.59 Å². The zero-order chi connectivity index (χ0) is 23.7. The predicted octanol–water partition coefficient (Wildman–Crippen LogP) is 4.07. The topological polar surface area (TPSA) is 40.6 Å². The Balaban J connectivity index is 1.70. The van der Waals surface area contributed by atoms with Gasteiger partial charge in [0, 0.05) is 30.8 Å². The van der Waals surface area contributed by atoms with E-state index in [9.17, 15) is 27.2 Å². The van der Waals surface area contributed by atoms with Crippen molar-refractivity contribution in [2.24, 2.45) is 5.92 Å². The van der Waals surface area contributed by atoms with Gasteiger partial charge in [0.15, 0.2) is 29.1 Å². The van der Waals surface area contributed by atoms with Crippen LogP contribution in [0.3, 0.4) is 0 Å². The van der Waals surface area contributed by atoms with Gasteiger partial charge in [-0.3, -0.25) is 9.59 Å². The van der Waals surface area contributed by atoms with Crippen molar-refractivity contribution in [3.63, 3.8) is 0 Å². The highest BCUT2D eigenvalue weighted by molar-refractivity contribution is 6.15. The third-order valence-corrected chi connectivity index (χ3v) is 5.93. The Morgan fingerprint density at radius 3 is 1.82 bits per heavy atom. The number of carbonyl (C=O) groups excluding carboxylic acids is 2. The SMILES string of the molecule is CN1CCC(C(=O)N2C/C(=C\c3ccc(F)c(F)c3)C(=O)/C(=C/c3ccc(F)c(F)c3)C2)C1. The van der Waals surface area contributed by atoms with Gasteiger partial charge >= 0.3 is 0 Å². The van der Waals surface area contributed by atoms with Crippen molar-refractivity contribution >= 4 is 23.8 Å². The lowest BCUT2D eigenvalue weighted by molar-refractivity contribution is -0.135. The highest BCUT2D eigenvalue weighted by atomic mass is 19.2. The van der Waals surface area contributed by atoms with Crippen molar-refractivity contribution in [3.8, 4) is 0 Å². The van der Waals surface area contributed by atoms with Crippen molar-refractivity contribution in [3.05, 3.63) is 81.9 Å². The smallest absolute Gasteiger partial charge is 0.227 e. The molecule has 0 spiro atoms. The molecule has 4 rings (SSSR count). The van der Waals surface area contributed by atoms with Crippen LogP contribution in [0.5, 0.6) is 0 Å². The number of Topliss-reactive ketones (excluding diaryl/α,β-unsaturated/α-hetero) is 1. The van der Waals surface area contributed by atoms with Crippen molar-refractivity contribution in [1.29, 1.82) is 0 Å². The number of amides is 1. The lowest BCUT2D eigenvalue weighted by Gasteiger charge is -2.32. The summed E-state index contributed by atoms with van der Waals surface area (Å²) in [6.45, 7) is 1.43. The molecule has 0 N–H and O–H groups in total. The Labute approximate surface area is 188 Å². The molecule has 0 aliphatic carbocycles. The summed E-state index contributed by atoms with van der Waals surface area (Å²) in [7, 11) is 1.93. The summed E-state index contributed by atoms with van der Waals surface area (Å²) < 4.78 is 54.0. The minimum Gasteiger partial charge on any atom is -0.333 e. The first-order chi connectivity index (χ1) is 15.7. The Hall–Kier alpha value is -3.26. The van der Waals surface area contributed by atoms with Crippen LogP contribution in [0.15, 0.2) is 47.5 Å². The molecule has 2 aromatic rings. The third kappa shape index (κ3) is 5.06. The second kappa shape index (κ2) is 9.31. The minimum atomic E-state index is -1.05. The Morgan fingerprint density at radius 1 is 0.879 bits per heavy atom. The monoisotopic (exact) mass is 458 g/mol. The molecule has 0 aromatic heterocycles. The number of rotatable bonds is 3. The Bertz CT molecular complexity index is 1100. The molecule has 0 saturated carbocycles. The summed E-state index contributed by atoms with van der Waals surface area (Å²) in [5.74, 6) is -4.82. The number of piperidine rings is 1. The molecule has 2 heterocycles. The molecule has 172 valence electrons. The van der Waals surface area contributed by atoms with Crippen LogP contribution in [0.2, 0.25) is 0 Å². The first kappa shape index (κ1) is 22.9. The fourth-order valence-electron chi connectivity index (χ4n) is 4.20. The van der Waals surface area contributed by atoms with Gasteiger partial charge in [0.25, 0.3) is 0 Å². The number of halogens is 4. The molecule has 2 saturated heterocycles. The second-order valence-corrected chi connectivity index (χ2v) is 8.46. The molecule has 2 aliphatic rings. The molecule has 1 atom stereocenters. The number of hydrogen-bond acceptors (Lipinski definition) is 3. The molecular weight excluding hydrogens is 436 g/mol. The van der Waals surface area contributed by atoms with Gasteiger partial charge in [-0.05, 0) is 67.6 Å². The normalized spacial score (nSPS) is 21.9. The average Bonchev–Trinajstić information content (AvgIpc) is 3.21. The van der Waals surface area contributed by atoms with Crippen LogP contribution in [0, 0.1) is 29.2 Å². The molecule has 8 heteroatoms. The van der Waals surface area contributed by atoms with E-state index in [0.29, 0.717) is 13.0 Å². The standard InChI is InChI=1S/C25H22F4N2O2/c1-30-7-6-17(12-30)25(33)31-13-18(8-15-2-4-20(26)22(28)10-15)24(32)19(14-31)9-16-3-5-21(27)23(29)11-16/h2-5,8-11,17H,6-7,12-14H2,1H3/b18-8+,19-9+. The van der Waals surface area contributed by atoms with Gasteiger partial charge < -0.3 is 9.80 Å². The Kier molecular flexibility index (Phi) is 6.47. The van der Waals surface area contributed by atoms with Crippen molar-refractivity contribution in [2.45, 2.75) is 6.42 Å². The summed E-state index contributed by atoms with van der Waals surface area (Å²) in [6.07, 6.45) is 3.54. The first-order valence-electron chi connectivity index (χ1n) is 10.5. The molecule has 1 unspecified atom stereocenters. The van der Waals surface area contributed by atoms with Crippen LogP contribution in [-0.4, -0.2) is 54.7 Å². The van der Waals surface area contributed by atoms with E-state index in [1.54, 1.807) is 4.90 Å². The Morgan fingerprint density at radius 2 is 1.39 bits per heavy atom. The van der Waals surface area contributed by atoms with Gasteiger partial charge in [-0.15, -0.1) is 0 Å². The minimum absolute atomic E-state index is 0.0198. The fourth-order valence-corrected chi connectivity index (χ4v) is 4.20. The molecule has 0 bridgehead atoms. The van der Waals surface area contributed by atoms with E-state index in [1.807, 2.05) is 11.9 Å². The summed E-state index contributed by atoms with van der Waals surface area (Å²) >= 11 is 0. The van der Waals surface area contributed by atoms with E-state index in [-0.39, 0.29) is 47.2 Å². The summed E-state index contributed by atoms with van der Waals surface area (Å²) in [4.78, 5) is 29.9. The van der Waals surface area contributed by atoms with Crippen LogP contribution in [0.4, 0.5) is 17.6 Å². The maximum Gasteiger partial charge on any atom is 0.227 e. The molecule has 2 aliphatic heterocycles.